The summed E-state index contributed by atoms with van der Waals surface area (Å²) in [4.78, 5) is 29.9. The van der Waals surface area contributed by atoms with Gasteiger partial charge in [-0.25, -0.2) is 4.79 Å². The van der Waals surface area contributed by atoms with Crippen LogP contribution < -0.4 is 0 Å². The second-order valence-electron chi connectivity index (χ2n) is 7.33. The first-order chi connectivity index (χ1) is 13.2. The van der Waals surface area contributed by atoms with Crippen molar-refractivity contribution in [3.63, 3.8) is 0 Å². The number of nitrogens with zero attached hydrogens (tertiary/aromatic N) is 1. The van der Waals surface area contributed by atoms with Gasteiger partial charge in [0.25, 0.3) is 0 Å². The molecule has 0 aliphatic heterocycles. The summed E-state index contributed by atoms with van der Waals surface area (Å²) < 4.78 is 5.39. The summed E-state index contributed by atoms with van der Waals surface area (Å²) in [5.74, 6) is -0.707. The van der Waals surface area contributed by atoms with Crippen LogP contribution in [0.1, 0.15) is 54.2 Å². The van der Waals surface area contributed by atoms with Gasteiger partial charge in [0.15, 0.2) is 6.61 Å². The summed E-state index contributed by atoms with van der Waals surface area (Å²) in [5, 5.41) is 0.909. The molecule has 0 N–H and O–H groups in total. The lowest BCUT2D eigenvalue weighted by Gasteiger charge is -2.14. The van der Waals surface area contributed by atoms with Crippen LogP contribution in [-0.4, -0.2) is 23.3 Å². The smallest absolute Gasteiger partial charge is 0.340 e. The average molecular weight is 375 g/mol. The zero-order valence-electron chi connectivity index (χ0n) is 17.3. The molecule has 1 aromatic heterocycles. The van der Waals surface area contributed by atoms with Gasteiger partial charge in [-0.2, -0.15) is 0 Å². The molecule has 0 aliphatic rings. The molecular weight excluding hydrogens is 350 g/mol. The molecule has 0 spiro atoms. The Kier molecular flexibility index (Phi) is 5.32. The number of benzene rings is 2. The molecule has 144 valence electrons. The van der Waals surface area contributed by atoms with Crippen molar-refractivity contribution >= 4 is 22.7 Å². The van der Waals surface area contributed by atoms with Gasteiger partial charge in [0.05, 0.1) is 16.8 Å². The minimum Gasteiger partial charge on any atom is -0.454 e. The third kappa shape index (κ3) is 3.42. The molecule has 0 amide bonds. The summed E-state index contributed by atoms with van der Waals surface area (Å²) in [6.07, 6.45) is 0. The van der Waals surface area contributed by atoms with Gasteiger partial charge in [-0.3, -0.25) is 9.78 Å². The lowest BCUT2D eigenvalue weighted by molar-refractivity contribution is 0.0472. The Morgan fingerprint density at radius 1 is 0.893 bits per heavy atom. The number of aromatic nitrogens is 1. The number of hydrogen-bond donors (Lipinski definition) is 0. The third-order valence-electron chi connectivity index (χ3n) is 5.65. The fourth-order valence-corrected chi connectivity index (χ4v) is 3.61. The lowest BCUT2D eigenvalue weighted by Crippen LogP contribution is -2.18. The third-order valence-corrected chi connectivity index (χ3v) is 5.65. The molecule has 1 heterocycles. The first-order valence-corrected chi connectivity index (χ1v) is 9.36. The number of ether oxygens (including phenoxy) is 1. The Balaban J connectivity index is 1.85. The molecule has 0 aliphatic carbocycles. The van der Waals surface area contributed by atoms with Crippen LogP contribution in [0.25, 0.3) is 10.9 Å². The van der Waals surface area contributed by atoms with E-state index in [1.54, 1.807) is 6.92 Å². The number of pyridine rings is 1. The van der Waals surface area contributed by atoms with Crippen LogP contribution in [0.2, 0.25) is 0 Å². The molecule has 28 heavy (non-hydrogen) atoms. The van der Waals surface area contributed by atoms with Gasteiger partial charge in [0, 0.05) is 10.9 Å². The van der Waals surface area contributed by atoms with E-state index in [0.29, 0.717) is 16.8 Å². The number of ketones is 1. The second-order valence-corrected chi connectivity index (χ2v) is 7.33. The summed E-state index contributed by atoms with van der Waals surface area (Å²) >= 11 is 0. The Hall–Kier alpha value is -3.01. The van der Waals surface area contributed by atoms with E-state index in [1.807, 2.05) is 65.0 Å². The van der Waals surface area contributed by atoms with Crippen LogP contribution in [-0.2, 0) is 4.74 Å². The Labute approximate surface area is 165 Å². The van der Waals surface area contributed by atoms with Gasteiger partial charge >= 0.3 is 5.97 Å². The van der Waals surface area contributed by atoms with Gasteiger partial charge < -0.3 is 4.74 Å². The van der Waals surface area contributed by atoms with E-state index in [1.165, 1.54) is 5.56 Å². The fraction of sp³-hybridized carbons (Fsp3) is 0.292. The van der Waals surface area contributed by atoms with E-state index in [4.69, 9.17) is 4.74 Å². The number of carbonyl (C=O) groups is 2. The first kappa shape index (κ1) is 19.7. The standard InChI is InChI=1S/C24H25NO3/c1-13-11-20(16(4)15(3)14(13)2)22(26)12-28-24(27)23-17(5)19-9-7-8-10-21(19)25-18(23)6/h7-11H,12H2,1-6H3. The Bertz CT molecular complexity index is 1110. The number of esters is 1. The minimum absolute atomic E-state index is 0.193. The molecule has 4 heteroatoms. The van der Waals surface area contributed by atoms with Gasteiger partial charge in [0.1, 0.15) is 0 Å². The van der Waals surface area contributed by atoms with Crippen molar-refractivity contribution in [3.05, 3.63) is 75.0 Å². The number of hydrogen-bond acceptors (Lipinski definition) is 4. The first-order valence-electron chi connectivity index (χ1n) is 9.36. The monoisotopic (exact) mass is 375 g/mol. The van der Waals surface area contributed by atoms with E-state index >= 15 is 0 Å². The molecule has 0 bridgehead atoms. The zero-order valence-corrected chi connectivity index (χ0v) is 17.3. The van der Waals surface area contributed by atoms with Crippen LogP contribution in [0.3, 0.4) is 0 Å². The van der Waals surface area contributed by atoms with E-state index in [2.05, 4.69) is 4.98 Å². The SMILES string of the molecule is Cc1cc(C(=O)COC(=O)c2c(C)nc3ccccc3c2C)c(C)c(C)c1C. The highest BCUT2D eigenvalue weighted by molar-refractivity contribution is 6.02. The fourth-order valence-electron chi connectivity index (χ4n) is 3.61. The Morgan fingerprint density at radius 2 is 1.57 bits per heavy atom. The quantitative estimate of drug-likeness (QED) is 0.469. The Morgan fingerprint density at radius 3 is 2.29 bits per heavy atom. The van der Waals surface area contributed by atoms with Gasteiger partial charge in [-0.05, 0) is 81.5 Å². The zero-order chi connectivity index (χ0) is 20.6. The largest absolute Gasteiger partial charge is 0.454 e. The van der Waals surface area contributed by atoms with Crippen LogP contribution >= 0.6 is 0 Å². The summed E-state index contributed by atoms with van der Waals surface area (Å²) in [7, 11) is 0. The average Bonchev–Trinajstić information content (AvgIpc) is 2.67. The highest BCUT2D eigenvalue weighted by Crippen LogP contribution is 2.24. The van der Waals surface area contributed by atoms with Crippen molar-refractivity contribution in [2.24, 2.45) is 0 Å². The van der Waals surface area contributed by atoms with Crippen LogP contribution in [0.5, 0.6) is 0 Å². The maximum Gasteiger partial charge on any atom is 0.340 e. The molecular formula is C24H25NO3. The van der Waals surface area contributed by atoms with E-state index in [9.17, 15) is 9.59 Å². The molecule has 3 rings (SSSR count). The molecule has 0 unspecified atom stereocenters. The van der Waals surface area contributed by atoms with Crippen molar-refractivity contribution in [1.29, 1.82) is 0 Å². The number of rotatable bonds is 4. The maximum atomic E-state index is 12.7. The molecule has 2 aromatic carbocycles. The van der Waals surface area contributed by atoms with Crippen molar-refractivity contribution in [1.82, 2.24) is 4.98 Å². The topological polar surface area (TPSA) is 56.3 Å². The molecule has 0 saturated heterocycles. The van der Waals surface area contributed by atoms with Crippen LogP contribution in [0.4, 0.5) is 0 Å². The molecule has 0 atom stereocenters. The minimum atomic E-state index is -0.514. The number of para-hydroxylation sites is 1. The van der Waals surface area contributed by atoms with E-state index < -0.39 is 5.97 Å². The molecule has 4 nitrogen and oxygen atoms in total. The van der Waals surface area contributed by atoms with Crippen LogP contribution in [0.15, 0.2) is 30.3 Å². The summed E-state index contributed by atoms with van der Waals surface area (Å²) in [5.41, 5.74) is 7.57. The van der Waals surface area contributed by atoms with Gasteiger partial charge in [-0.15, -0.1) is 0 Å². The van der Waals surface area contributed by atoms with Crippen molar-refractivity contribution < 1.29 is 14.3 Å². The predicted octanol–water partition coefficient (Wildman–Crippen LogP) is 5.13. The van der Waals surface area contributed by atoms with Crippen molar-refractivity contribution in [3.8, 4) is 0 Å². The summed E-state index contributed by atoms with van der Waals surface area (Å²) in [6.45, 7) is 11.4. The van der Waals surface area contributed by atoms with Crippen LogP contribution in [0, 0.1) is 41.5 Å². The normalized spacial score (nSPS) is 10.9. The predicted molar refractivity (Wildman–Crippen MR) is 111 cm³/mol. The van der Waals surface area contributed by atoms with E-state index in [-0.39, 0.29) is 12.4 Å². The van der Waals surface area contributed by atoms with Crippen molar-refractivity contribution in [2.75, 3.05) is 6.61 Å². The van der Waals surface area contributed by atoms with Crippen molar-refractivity contribution in [2.45, 2.75) is 41.5 Å². The molecule has 3 aromatic rings. The van der Waals surface area contributed by atoms with E-state index in [0.717, 1.165) is 33.2 Å². The highest BCUT2D eigenvalue weighted by Gasteiger charge is 2.20. The molecule has 0 fully saturated rings. The number of carbonyl (C=O) groups excluding carboxylic acids is 2. The second kappa shape index (κ2) is 7.55. The lowest BCUT2D eigenvalue weighted by atomic mass is 9.93. The number of Topliss-reactive ketones (excluding diaryl/α,β-unsaturated/α-hetero) is 1. The molecule has 0 saturated carbocycles. The summed E-state index contributed by atoms with van der Waals surface area (Å²) in [6, 6.07) is 9.55. The molecule has 0 radical (unpaired) electrons. The number of fused-ring (bicyclic) bond motifs is 1. The highest BCUT2D eigenvalue weighted by atomic mass is 16.5. The van der Waals surface area contributed by atoms with Gasteiger partial charge in [0.2, 0.25) is 5.78 Å². The van der Waals surface area contributed by atoms with Gasteiger partial charge in [-0.1, -0.05) is 18.2 Å². The number of aryl methyl sites for hydroxylation is 3. The maximum absolute atomic E-state index is 12.7.